The van der Waals surface area contributed by atoms with E-state index >= 15 is 0 Å². The van der Waals surface area contributed by atoms with E-state index in [2.05, 4.69) is 25.1 Å². The molecule has 2 rings (SSSR count). The fourth-order valence-corrected chi connectivity index (χ4v) is 2.09. The van der Waals surface area contributed by atoms with Gasteiger partial charge in [-0.1, -0.05) is 12.1 Å². The molecule has 1 aromatic carbocycles. The molecule has 0 saturated heterocycles. The Morgan fingerprint density at radius 1 is 1.36 bits per heavy atom. The van der Waals surface area contributed by atoms with E-state index in [1.807, 2.05) is 0 Å². The van der Waals surface area contributed by atoms with Gasteiger partial charge < -0.3 is 10.5 Å². The lowest BCUT2D eigenvalue weighted by Crippen LogP contribution is -2.34. The monoisotopic (exact) mass is 191 g/mol. The van der Waals surface area contributed by atoms with Crippen LogP contribution in [0.25, 0.3) is 0 Å². The zero-order valence-corrected chi connectivity index (χ0v) is 8.79. The largest absolute Gasteiger partial charge is 0.496 e. The first kappa shape index (κ1) is 9.53. The molecule has 0 spiro atoms. The molecule has 2 heteroatoms. The first-order chi connectivity index (χ1) is 6.70. The molecule has 0 bridgehead atoms. The zero-order chi connectivity index (χ0) is 10.1. The molecule has 1 saturated carbocycles. The summed E-state index contributed by atoms with van der Waals surface area (Å²) in [6, 6.07) is 6.84. The quantitative estimate of drug-likeness (QED) is 0.777. The summed E-state index contributed by atoms with van der Waals surface area (Å²) in [5.41, 5.74) is 8.40. The Bertz CT molecular complexity index is 329. The summed E-state index contributed by atoms with van der Waals surface area (Å²) in [5, 5.41) is 0. The number of aryl methyl sites for hydroxylation is 1. The molecule has 0 aliphatic heterocycles. The zero-order valence-electron chi connectivity index (χ0n) is 8.79. The van der Waals surface area contributed by atoms with Crippen LogP contribution in [-0.2, 0) is 0 Å². The van der Waals surface area contributed by atoms with Gasteiger partial charge in [0.15, 0.2) is 0 Å². The average molecular weight is 191 g/mol. The Kier molecular flexibility index (Phi) is 2.46. The molecular formula is C12H17NO. The highest BCUT2D eigenvalue weighted by atomic mass is 16.5. The first-order valence-corrected chi connectivity index (χ1v) is 5.11. The molecule has 1 aromatic rings. The van der Waals surface area contributed by atoms with Crippen LogP contribution in [0, 0.1) is 6.92 Å². The fraction of sp³-hybridized carbons (Fsp3) is 0.500. The summed E-state index contributed by atoms with van der Waals surface area (Å²) in [5.74, 6) is 1.65. The van der Waals surface area contributed by atoms with Gasteiger partial charge in [0.05, 0.1) is 7.11 Å². The number of ether oxygens (including phenoxy) is 1. The van der Waals surface area contributed by atoms with Crippen molar-refractivity contribution in [1.82, 2.24) is 0 Å². The molecule has 0 atom stereocenters. The van der Waals surface area contributed by atoms with Crippen molar-refractivity contribution >= 4 is 0 Å². The SMILES string of the molecule is COc1ccc(C2CC(N)C2)cc1C. The Labute approximate surface area is 85.1 Å². The summed E-state index contributed by atoms with van der Waals surface area (Å²) in [7, 11) is 1.71. The highest BCUT2D eigenvalue weighted by molar-refractivity contribution is 5.38. The summed E-state index contributed by atoms with van der Waals surface area (Å²) >= 11 is 0. The van der Waals surface area contributed by atoms with Crippen LogP contribution in [0.3, 0.4) is 0 Å². The van der Waals surface area contributed by atoms with Gasteiger partial charge in [-0.15, -0.1) is 0 Å². The van der Waals surface area contributed by atoms with E-state index in [9.17, 15) is 0 Å². The lowest BCUT2D eigenvalue weighted by molar-refractivity contribution is 0.350. The standard InChI is InChI=1S/C12H17NO/c1-8-5-9(3-4-12(8)14-2)10-6-11(13)7-10/h3-5,10-11H,6-7,13H2,1-2H3. The third-order valence-corrected chi connectivity index (χ3v) is 3.06. The normalized spacial score (nSPS) is 25.6. The molecule has 1 aliphatic carbocycles. The van der Waals surface area contributed by atoms with Crippen molar-refractivity contribution in [3.8, 4) is 5.75 Å². The number of hydrogen-bond acceptors (Lipinski definition) is 2. The highest BCUT2D eigenvalue weighted by Crippen LogP contribution is 2.37. The summed E-state index contributed by atoms with van der Waals surface area (Å²) in [6.07, 6.45) is 2.26. The third kappa shape index (κ3) is 1.62. The van der Waals surface area contributed by atoms with Gasteiger partial charge in [0.25, 0.3) is 0 Å². The van der Waals surface area contributed by atoms with Crippen molar-refractivity contribution in [2.75, 3.05) is 7.11 Å². The fourth-order valence-electron chi connectivity index (χ4n) is 2.09. The molecular weight excluding hydrogens is 174 g/mol. The molecule has 0 amide bonds. The average Bonchev–Trinajstić information content (AvgIpc) is 2.13. The minimum atomic E-state index is 0.419. The molecule has 2 N–H and O–H groups in total. The maximum atomic E-state index is 5.78. The minimum Gasteiger partial charge on any atom is -0.496 e. The van der Waals surface area contributed by atoms with Crippen molar-refractivity contribution in [3.05, 3.63) is 29.3 Å². The van der Waals surface area contributed by atoms with Crippen LogP contribution in [0.5, 0.6) is 5.75 Å². The maximum Gasteiger partial charge on any atom is 0.121 e. The smallest absolute Gasteiger partial charge is 0.121 e. The molecule has 0 aromatic heterocycles. The van der Waals surface area contributed by atoms with Crippen LogP contribution in [0.4, 0.5) is 0 Å². The van der Waals surface area contributed by atoms with Crippen molar-refractivity contribution in [1.29, 1.82) is 0 Å². The topological polar surface area (TPSA) is 35.2 Å². The third-order valence-electron chi connectivity index (χ3n) is 3.06. The molecule has 0 radical (unpaired) electrons. The molecule has 2 nitrogen and oxygen atoms in total. The van der Waals surface area contributed by atoms with Gasteiger partial charge in [-0.3, -0.25) is 0 Å². The second-order valence-electron chi connectivity index (χ2n) is 4.16. The summed E-state index contributed by atoms with van der Waals surface area (Å²) < 4.78 is 5.23. The van der Waals surface area contributed by atoms with E-state index in [4.69, 9.17) is 10.5 Å². The Morgan fingerprint density at radius 2 is 2.07 bits per heavy atom. The van der Waals surface area contributed by atoms with E-state index in [0.717, 1.165) is 18.6 Å². The van der Waals surface area contributed by atoms with E-state index < -0.39 is 0 Å². The van der Waals surface area contributed by atoms with E-state index in [0.29, 0.717) is 12.0 Å². The van der Waals surface area contributed by atoms with Gasteiger partial charge >= 0.3 is 0 Å². The molecule has 14 heavy (non-hydrogen) atoms. The van der Waals surface area contributed by atoms with Crippen LogP contribution in [0.15, 0.2) is 18.2 Å². The van der Waals surface area contributed by atoms with Gasteiger partial charge in [0.1, 0.15) is 5.75 Å². The molecule has 0 unspecified atom stereocenters. The number of nitrogens with two attached hydrogens (primary N) is 1. The van der Waals surface area contributed by atoms with Crippen molar-refractivity contribution in [2.24, 2.45) is 5.73 Å². The minimum absolute atomic E-state index is 0.419. The number of benzene rings is 1. The lowest BCUT2D eigenvalue weighted by atomic mass is 9.76. The summed E-state index contributed by atoms with van der Waals surface area (Å²) in [4.78, 5) is 0. The highest BCUT2D eigenvalue weighted by Gasteiger charge is 2.27. The van der Waals surface area contributed by atoms with Crippen LogP contribution in [0.2, 0.25) is 0 Å². The Balaban J connectivity index is 2.16. The van der Waals surface area contributed by atoms with Gasteiger partial charge in [0.2, 0.25) is 0 Å². The predicted octanol–water partition coefficient (Wildman–Crippen LogP) is 2.21. The lowest BCUT2D eigenvalue weighted by Gasteiger charge is -2.33. The molecule has 1 fully saturated rings. The first-order valence-electron chi connectivity index (χ1n) is 5.11. The molecule has 76 valence electrons. The Morgan fingerprint density at radius 3 is 2.57 bits per heavy atom. The van der Waals surface area contributed by atoms with Crippen LogP contribution < -0.4 is 10.5 Å². The predicted molar refractivity (Wildman–Crippen MR) is 57.7 cm³/mol. The number of hydrogen-bond donors (Lipinski definition) is 1. The van der Waals surface area contributed by atoms with Crippen LogP contribution in [-0.4, -0.2) is 13.2 Å². The maximum absolute atomic E-state index is 5.78. The van der Waals surface area contributed by atoms with Gasteiger partial charge in [-0.2, -0.15) is 0 Å². The van der Waals surface area contributed by atoms with E-state index in [-0.39, 0.29) is 0 Å². The Hall–Kier alpha value is -1.02. The van der Waals surface area contributed by atoms with E-state index in [1.54, 1.807) is 7.11 Å². The van der Waals surface area contributed by atoms with Crippen LogP contribution >= 0.6 is 0 Å². The molecule has 0 heterocycles. The second-order valence-corrected chi connectivity index (χ2v) is 4.16. The van der Waals surface area contributed by atoms with Gasteiger partial charge in [0, 0.05) is 6.04 Å². The van der Waals surface area contributed by atoms with Crippen molar-refractivity contribution in [3.63, 3.8) is 0 Å². The second kappa shape index (κ2) is 3.62. The number of rotatable bonds is 2. The number of methoxy groups -OCH3 is 1. The van der Waals surface area contributed by atoms with Crippen molar-refractivity contribution in [2.45, 2.75) is 31.7 Å². The van der Waals surface area contributed by atoms with E-state index in [1.165, 1.54) is 11.1 Å². The van der Waals surface area contributed by atoms with Gasteiger partial charge in [-0.25, -0.2) is 0 Å². The molecule has 1 aliphatic rings. The van der Waals surface area contributed by atoms with Crippen LogP contribution in [0.1, 0.15) is 29.9 Å². The van der Waals surface area contributed by atoms with Gasteiger partial charge in [-0.05, 0) is 42.9 Å². The summed E-state index contributed by atoms with van der Waals surface area (Å²) in [6.45, 7) is 2.08. The van der Waals surface area contributed by atoms with Crippen molar-refractivity contribution < 1.29 is 4.74 Å².